The summed E-state index contributed by atoms with van der Waals surface area (Å²) in [7, 11) is -4.52. The first-order valence-corrected chi connectivity index (χ1v) is 5.33. The molecule has 82 valence electrons. The molecular formula is C7H5ClKNO5S. The van der Waals surface area contributed by atoms with Gasteiger partial charge in [-0.25, -0.2) is 0 Å². The maximum absolute atomic E-state index is 10.7. The molecule has 16 heavy (non-hydrogen) atoms. The predicted octanol–water partition coefficient (Wildman–Crippen LogP) is -3.46. The molecule has 0 heterocycles. The van der Waals surface area contributed by atoms with Crippen LogP contribution in [0, 0.1) is 0 Å². The Hall–Kier alpha value is 0.326. The number of rotatable bonds is 2. The third-order valence-electron chi connectivity index (χ3n) is 1.60. The second kappa shape index (κ2) is 5.78. The third-order valence-corrected chi connectivity index (χ3v) is 2.82. The molecule has 6 nitrogen and oxygen atoms in total. The second-order valence-corrected chi connectivity index (χ2v) is 4.43. The van der Waals surface area contributed by atoms with Crippen molar-refractivity contribution in [1.82, 2.24) is 0 Å². The zero-order valence-electron chi connectivity index (χ0n) is 8.10. The van der Waals surface area contributed by atoms with Gasteiger partial charge in [0, 0.05) is 5.56 Å². The van der Waals surface area contributed by atoms with E-state index in [0.29, 0.717) is 0 Å². The molecule has 1 aromatic carbocycles. The van der Waals surface area contributed by atoms with E-state index in [4.69, 9.17) is 21.9 Å². The van der Waals surface area contributed by atoms with Crippen LogP contribution in [0.5, 0.6) is 0 Å². The standard InChI is InChI=1S/C7H6ClNO5S.K/c8-4-2-6(15(12,13)14)5(9)1-3(4)7(10)11;/h1-2H,9H2,(H,10,11)(H,12,13,14);/q;+1/p-1. The Morgan fingerprint density at radius 2 is 1.94 bits per heavy atom. The molecule has 0 aliphatic heterocycles. The van der Waals surface area contributed by atoms with Gasteiger partial charge >= 0.3 is 51.4 Å². The molecule has 0 aliphatic rings. The van der Waals surface area contributed by atoms with Gasteiger partial charge in [0.1, 0.15) is 4.90 Å². The Morgan fingerprint density at radius 3 is 2.31 bits per heavy atom. The third kappa shape index (κ3) is 3.67. The average Bonchev–Trinajstić information content (AvgIpc) is 2.06. The van der Waals surface area contributed by atoms with E-state index in [1.165, 1.54) is 0 Å². The molecule has 0 amide bonds. The molecule has 0 radical (unpaired) electrons. The van der Waals surface area contributed by atoms with Crippen molar-refractivity contribution in [1.29, 1.82) is 0 Å². The number of carbonyl (C=O) groups is 1. The smallest absolute Gasteiger partial charge is 0.545 e. The maximum atomic E-state index is 10.7. The number of carboxylic acids is 1. The van der Waals surface area contributed by atoms with E-state index >= 15 is 0 Å². The molecule has 0 saturated heterocycles. The summed E-state index contributed by atoms with van der Waals surface area (Å²) >= 11 is 5.45. The van der Waals surface area contributed by atoms with Crippen molar-refractivity contribution < 1.29 is 74.3 Å². The second-order valence-electron chi connectivity index (χ2n) is 2.63. The van der Waals surface area contributed by atoms with Crippen LogP contribution in [0.25, 0.3) is 0 Å². The fraction of sp³-hybridized carbons (Fsp3) is 0. The molecule has 1 aromatic rings. The van der Waals surface area contributed by atoms with E-state index in [9.17, 15) is 18.3 Å². The van der Waals surface area contributed by atoms with Crippen LogP contribution in [0.15, 0.2) is 17.0 Å². The predicted molar refractivity (Wildman–Crippen MR) is 50.0 cm³/mol. The zero-order valence-corrected chi connectivity index (χ0v) is 12.8. The van der Waals surface area contributed by atoms with Gasteiger partial charge in [-0.05, 0) is 12.1 Å². The summed E-state index contributed by atoms with van der Waals surface area (Å²) < 4.78 is 30.2. The number of nitrogens with two attached hydrogens (primary N) is 1. The molecule has 0 saturated carbocycles. The number of halogens is 1. The van der Waals surface area contributed by atoms with Crippen molar-refractivity contribution in [2.45, 2.75) is 4.90 Å². The van der Waals surface area contributed by atoms with Crippen LogP contribution in [0.3, 0.4) is 0 Å². The number of hydrogen-bond acceptors (Lipinski definition) is 5. The van der Waals surface area contributed by atoms with Crippen molar-refractivity contribution in [3.05, 3.63) is 22.7 Å². The minimum absolute atomic E-state index is 0. The molecular weight excluding hydrogens is 285 g/mol. The van der Waals surface area contributed by atoms with Gasteiger partial charge in [0.2, 0.25) is 0 Å². The molecule has 0 bridgehead atoms. The monoisotopic (exact) mass is 289 g/mol. The van der Waals surface area contributed by atoms with Gasteiger partial charge in [0.25, 0.3) is 10.1 Å². The zero-order chi connectivity index (χ0) is 11.8. The molecule has 9 heteroatoms. The molecule has 0 aromatic heterocycles. The SMILES string of the molecule is Nc1cc(C(=O)[O-])c(Cl)cc1S(=O)(=O)O.[K+]. The van der Waals surface area contributed by atoms with Crippen LogP contribution < -0.4 is 62.2 Å². The van der Waals surface area contributed by atoms with Gasteiger partial charge in [-0.15, -0.1) is 0 Å². The molecule has 0 spiro atoms. The molecule has 0 fully saturated rings. The first kappa shape index (κ1) is 16.3. The van der Waals surface area contributed by atoms with Crippen molar-refractivity contribution >= 4 is 33.4 Å². The summed E-state index contributed by atoms with van der Waals surface area (Å²) in [5.41, 5.74) is 4.37. The van der Waals surface area contributed by atoms with E-state index in [2.05, 4.69) is 0 Å². The normalized spacial score (nSPS) is 10.6. The van der Waals surface area contributed by atoms with Crippen LogP contribution in [0.1, 0.15) is 10.4 Å². The van der Waals surface area contributed by atoms with E-state index in [-0.39, 0.29) is 56.4 Å². The van der Waals surface area contributed by atoms with Crippen LogP contribution in [0.2, 0.25) is 5.02 Å². The van der Waals surface area contributed by atoms with Crippen LogP contribution >= 0.6 is 11.6 Å². The number of hydrogen-bond donors (Lipinski definition) is 2. The average molecular weight is 290 g/mol. The Balaban J connectivity index is 0.00000225. The number of benzene rings is 1. The van der Waals surface area contributed by atoms with Crippen molar-refractivity contribution in [3.63, 3.8) is 0 Å². The summed E-state index contributed by atoms with van der Waals surface area (Å²) in [5.74, 6) is -1.59. The van der Waals surface area contributed by atoms with Crippen LogP contribution in [-0.2, 0) is 10.1 Å². The summed E-state index contributed by atoms with van der Waals surface area (Å²) in [4.78, 5) is 9.83. The topological polar surface area (TPSA) is 121 Å². The van der Waals surface area contributed by atoms with Crippen molar-refractivity contribution in [2.75, 3.05) is 5.73 Å². The Kier molecular flexibility index (Phi) is 5.90. The first-order chi connectivity index (χ1) is 6.73. The molecule has 0 unspecified atom stereocenters. The van der Waals surface area contributed by atoms with Gasteiger partial charge < -0.3 is 15.6 Å². The molecule has 0 atom stereocenters. The van der Waals surface area contributed by atoms with Gasteiger partial charge in [-0.1, -0.05) is 11.6 Å². The first-order valence-electron chi connectivity index (χ1n) is 3.51. The van der Waals surface area contributed by atoms with Gasteiger partial charge in [0.05, 0.1) is 16.7 Å². The van der Waals surface area contributed by atoms with Crippen LogP contribution in [0.4, 0.5) is 5.69 Å². The van der Waals surface area contributed by atoms with Crippen LogP contribution in [-0.4, -0.2) is 18.9 Å². The van der Waals surface area contributed by atoms with Crippen molar-refractivity contribution in [3.8, 4) is 0 Å². The Bertz CT molecular complexity index is 530. The minimum atomic E-state index is -4.52. The Labute approximate surface area is 139 Å². The van der Waals surface area contributed by atoms with E-state index in [1.54, 1.807) is 0 Å². The van der Waals surface area contributed by atoms with Gasteiger partial charge in [0.15, 0.2) is 0 Å². The number of carbonyl (C=O) groups excluding carboxylic acids is 1. The summed E-state index contributed by atoms with van der Waals surface area (Å²) in [6.45, 7) is 0. The Morgan fingerprint density at radius 1 is 1.44 bits per heavy atom. The number of carboxylic acid groups (broad SMARTS) is 1. The minimum Gasteiger partial charge on any atom is -0.545 e. The van der Waals surface area contributed by atoms with Gasteiger partial charge in [-0.2, -0.15) is 8.42 Å². The summed E-state index contributed by atoms with van der Waals surface area (Å²) in [5, 5.41) is 10.1. The maximum Gasteiger partial charge on any atom is 1.00 e. The van der Waals surface area contributed by atoms with Gasteiger partial charge in [-0.3, -0.25) is 4.55 Å². The summed E-state index contributed by atoms with van der Waals surface area (Å²) in [6.07, 6.45) is 0. The van der Waals surface area contributed by atoms with Crippen molar-refractivity contribution in [2.24, 2.45) is 0 Å². The quantitative estimate of drug-likeness (QED) is 0.332. The molecule has 3 N–H and O–H groups in total. The number of anilines is 1. The largest absolute Gasteiger partial charge is 1.00 e. The fourth-order valence-electron chi connectivity index (χ4n) is 0.952. The van der Waals surface area contributed by atoms with E-state index in [1.807, 2.05) is 0 Å². The number of aromatic carboxylic acids is 1. The summed E-state index contributed by atoms with van der Waals surface area (Å²) in [6, 6.07) is 1.55. The number of nitrogen functional groups attached to an aromatic ring is 1. The van der Waals surface area contributed by atoms with E-state index in [0.717, 1.165) is 12.1 Å². The fourth-order valence-corrected chi connectivity index (χ4v) is 1.88. The van der Waals surface area contributed by atoms with E-state index < -0.39 is 32.2 Å². The molecule has 1 rings (SSSR count). The molecule has 0 aliphatic carbocycles.